The monoisotopic (exact) mass is 421 g/mol. The number of nitrogens with one attached hydrogen (secondary N) is 1. The van der Waals surface area contributed by atoms with Gasteiger partial charge in [0.25, 0.3) is 0 Å². The second-order valence-corrected chi connectivity index (χ2v) is 7.29. The van der Waals surface area contributed by atoms with E-state index < -0.39 is 12.1 Å². The molecule has 3 heterocycles. The molecule has 1 aromatic carbocycles. The molecule has 1 aliphatic heterocycles. The molecule has 160 valence electrons. The first-order valence-corrected chi connectivity index (χ1v) is 9.57. The van der Waals surface area contributed by atoms with Gasteiger partial charge in [-0.3, -0.25) is 4.40 Å². The summed E-state index contributed by atoms with van der Waals surface area (Å²) in [6, 6.07) is 8.04. The molecule has 1 aliphatic rings. The molecule has 7 nitrogen and oxygen atoms in total. The number of anilines is 1. The lowest BCUT2D eigenvalue weighted by molar-refractivity contribution is -0.274. The minimum atomic E-state index is -4.85. The van der Waals surface area contributed by atoms with Gasteiger partial charge in [0.15, 0.2) is 0 Å². The van der Waals surface area contributed by atoms with Gasteiger partial charge in [-0.2, -0.15) is 0 Å². The Balaban J connectivity index is 1.73. The highest BCUT2D eigenvalue weighted by molar-refractivity contribution is 5.81. The molecule has 1 N–H and O–H groups in total. The Labute approximate surface area is 171 Å². The largest absolute Gasteiger partial charge is 0.573 e. The zero-order chi connectivity index (χ0) is 21.3. The van der Waals surface area contributed by atoms with E-state index in [-0.39, 0.29) is 23.0 Å². The van der Waals surface area contributed by atoms with Gasteiger partial charge in [0.1, 0.15) is 17.2 Å². The molecular formula is C20H22F3N5O2. The SMILES string of the molecule is COc1ccc(-c2nnc(N[C@@H]3CCCN(C)C3)n3cccc23)c(OC(F)(F)F)c1. The number of rotatable bonds is 5. The summed E-state index contributed by atoms with van der Waals surface area (Å²) in [6.07, 6.45) is -0.950. The van der Waals surface area contributed by atoms with Crippen LogP contribution in [0, 0.1) is 0 Å². The van der Waals surface area contributed by atoms with Crippen molar-refractivity contribution in [3.8, 4) is 22.8 Å². The summed E-state index contributed by atoms with van der Waals surface area (Å²) in [5.41, 5.74) is 1.08. The van der Waals surface area contributed by atoms with Crippen molar-refractivity contribution in [2.45, 2.75) is 25.2 Å². The number of hydrogen-bond donors (Lipinski definition) is 1. The van der Waals surface area contributed by atoms with Crippen molar-refractivity contribution >= 4 is 11.5 Å². The number of likely N-dealkylation sites (tertiary alicyclic amines) is 1. The molecule has 1 atom stereocenters. The number of likely N-dealkylation sites (N-methyl/N-ethyl adjacent to an activating group) is 1. The highest BCUT2D eigenvalue weighted by Crippen LogP contribution is 2.37. The number of ether oxygens (including phenoxy) is 2. The van der Waals surface area contributed by atoms with Crippen molar-refractivity contribution in [3.63, 3.8) is 0 Å². The average molecular weight is 421 g/mol. The lowest BCUT2D eigenvalue weighted by Crippen LogP contribution is -2.40. The molecule has 0 unspecified atom stereocenters. The van der Waals surface area contributed by atoms with E-state index in [9.17, 15) is 13.2 Å². The summed E-state index contributed by atoms with van der Waals surface area (Å²) in [7, 11) is 3.44. The quantitative estimate of drug-likeness (QED) is 0.676. The average Bonchev–Trinajstić information content (AvgIpc) is 3.18. The molecule has 0 bridgehead atoms. The molecule has 3 aromatic rings. The topological polar surface area (TPSA) is 63.9 Å². The molecule has 4 rings (SSSR count). The summed E-state index contributed by atoms with van der Waals surface area (Å²) in [5, 5.41) is 11.9. The molecule has 30 heavy (non-hydrogen) atoms. The van der Waals surface area contributed by atoms with E-state index in [0.717, 1.165) is 25.9 Å². The zero-order valence-corrected chi connectivity index (χ0v) is 16.6. The van der Waals surface area contributed by atoms with Gasteiger partial charge >= 0.3 is 6.36 Å². The Morgan fingerprint density at radius 3 is 2.77 bits per heavy atom. The van der Waals surface area contributed by atoms with Gasteiger partial charge in [0, 0.05) is 30.4 Å². The maximum atomic E-state index is 13.0. The smallest absolute Gasteiger partial charge is 0.497 e. The van der Waals surface area contributed by atoms with Gasteiger partial charge in [-0.25, -0.2) is 0 Å². The molecule has 0 amide bonds. The number of methoxy groups -OCH3 is 1. The van der Waals surface area contributed by atoms with Crippen LogP contribution in [0.3, 0.4) is 0 Å². The van der Waals surface area contributed by atoms with Crippen LogP contribution in [-0.2, 0) is 0 Å². The summed E-state index contributed by atoms with van der Waals surface area (Å²) < 4.78 is 50.0. The van der Waals surface area contributed by atoms with Gasteiger partial charge in [-0.05, 0) is 50.7 Å². The molecule has 0 saturated carbocycles. The van der Waals surface area contributed by atoms with Gasteiger partial charge < -0.3 is 19.7 Å². The summed E-state index contributed by atoms with van der Waals surface area (Å²) in [5.74, 6) is 0.400. The zero-order valence-electron chi connectivity index (χ0n) is 16.6. The minimum Gasteiger partial charge on any atom is -0.497 e. The summed E-state index contributed by atoms with van der Waals surface area (Å²) in [4.78, 5) is 2.24. The number of alkyl halides is 3. The summed E-state index contributed by atoms with van der Waals surface area (Å²) in [6.45, 7) is 1.94. The molecule has 2 aromatic heterocycles. The summed E-state index contributed by atoms with van der Waals surface area (Å²) >= 11 is 0. The van der Waals surface area contributed by atoms with E-state index >= 15 is 0 Å². The predicted molar refractivity (Wildman–Crippen MR) is 106 cm³/mol. The molecule has 1 fully saturated rings. The highest BCUT2D eigenvalue weighted by atomic mass is 19.4. The van der Waals surface area contributed by atoms with Crippen molar-refractivity contribution < 1.29 is 22.6 Å². The fourth-order valence-corrected chi connectivity index (χ4v) is 3.75. The molecule has 0 radical (unpaired) electrons. The van der Waals surface area contributed by atoms with Crippen LogP contribution in [0.1, 0.15) is 12.8 Å². The van der Waals surface area contributed by atoms with Crippen LogP contribution < -0.4 is 14.8 Å². The first-order valence-electron chi connectivity index (χ1n) is 9.57. The van der Waals surface area contributed by atoms with Crippen LogP contribution in [0.4, 0.5) is 19.1 Å². The fourth-order valence-electron chi connectivity index (χ4n) is 3.75. The number of benzene rings is 1. The van der Waals surface area contributed by atoms with Gasteiger partial charge in [0.2, 0.25) is 5.95 Å². The number of aromatic nitrogens is 3. The normalized spacial score (nSPS) is 17.8. The van der Waals surface area contributed by atoms with E-state index in [2.05, 4.69) is 32.2 Å². The van der Waals surface area contributed by atoms with E-state index in [1.54, 1.807) is 28.8 Å². The second kappa shape index (κ2) is 8.02. The first kappa shape index (κ1) is 20.3. The third-order valence-corrected chi connectivity index (χ3v) is 5.09. The molecule has 10 heteroatoms. The van der Waals surface area contributed by atoms with E-state index in [4.69, 9.17) is 4.74 Å². The number of piperidine rings is 1. The van der Waals surface area contributed by atoms with Crippen molar-refractivity contribution in [1.29, 1.82) is 0 Å². The van der Waals surface area contributed by atoms with Crippen LogP contribution in [0.5, 0.6) is 11.5 Å². The van der Waals surface area contributed by atoms with Crippen LogP contribution >= 0.6 is 0 Å². The Bertz CT molecular complexity index is 1040. The number of hydrogen-bond acceptors (Lipinski definition) is 6. The van der Waals surface area contributed by atoms with Gasteiger partial charge in [-0.15, -0.1) is 23.4 Å². The number of fused-ring (bicyclic) bond motifs is 1. The van der Waals surface area contributed by atoms with Crippen LogP contribution in [0.2, 0.25) is 0 Å². The van der Waals surface area contributed by atoms with E-state index in [0.29, 0.717) is 11.5 Å². The van der Waals surface area contributed by atoms with Crippen molar-refractivity contribution in [2.75, 3.05) is 32.6 Å². The van der Waals surface area contributed by atoms with Gasteiger partial charge in [0.05, 0.1) is 12.6 Å². The van der Waals surface area contributed by atoms with Crippen molar-refractivity contribution in [1.82, 2.24) is 19.5 Å². The van der Waals surface area contributed by atoms with Crippen LogP contribution in [0.15, 0.2) is 36.5 Å². The van der Waals surface area contributed by atoms with E-state index in [1.807, 2.05) is 0 Å². The van der Waals surface area contributed by atoms with E-state index in [1.165, 1.54) is 19.2 Å². The van der Waals surface area contributed by atoms with Crippen molar-refractivity contribution in [2.24, 2.45) is 0 Å². The molecule has 0 spiro atoms. The fraction of sp³-hybridized carbons (Fsp3) is 0.400. The third-order valence-electron chi connectivity index (χ3n) is 5.09. The van der Waals surface area contributed by atoms with Crippen LogP contribution in [-0.4, -0.2) is 59.1 Å². The number of nitrogens with zero attached hydrogens (tertiary/aromatic N) is 4. The standard InChI is InChI=1S/C20H22F3N5O2/c1-27-9-3-5-13(12-27)24-19-26-25-18(16-6-4-10-28(16)19)15-8-7-14(29-2)11-17(15)30-20(21,22)23/h4,6-8,10-11,13H,3,5,9,12H2,1-2H3,(H,24,26)/t13-/m1/s1. The number of halogens is 3. The van der Waals surface area contributed by atoms with Gasteiger partial charge in [-0.1, -0.05) is 0 Å². The Morgan fingerprint density at radius 1 is 1.20 bits per heavy atom. The molecule has 1 saturated heterocycles. The molecule has 0 aliphatic carbocycles. The maximum absolute atomic E-state index is 13.0. The first-order chi connectivity index (χ1) is 14.3. The minimum absolute atomic E-state index is 0.174. The Kier molecular flexibility index (Phi) is 5.42. The lowest BCUT2D eigenvalue weighted by Gasteiger charge is -2.30. The van der Waals surface area contributed by atoms with Crippen molar-refractivity contribution in [3.05, 3.63) is 36.5 Å². The highest BCUT2D eigenvalue weighted by Gasteiger charge is 2.33. The Hall–Kier alpha value is -3.01. The maximum Gasteiger partial charge on any atom is 0.573 e. The lowest BCUT2D eigenvalue weighted by atomic mass is 10.1. The second-order valence-electron chi connectivity index (χ2n) is 7.29. The third kappa shape index (κ3) is 4.28. The Morgan fingerprint density at radius 2 is 2.03 bits per heavy atom. The van der Waals surface area contributed by atoms with Crippen LogP contribution in [0.25, 0.3) is 16.8 Å². The molecular weight excluding hydrogens is 399 g/mol. The predicted octanol–water partition coefficient (Wildman–Crippen LogP) is 3.81.